The first-order chi connectivity index (χ1) is 11.7. The summed E-state index contributed by atoms with van der Waals surface area (Å²) in [6, 6.07) is 7.86. The highest BCUT2D eigenvalue weighted by molar-refractivity contribution is 6.30. The molecule has 0 bridgehead atoms. The molecule has 3 rings (SSSR count). The summed E-state index contributed by atoms with van der Waals surface area (Å²) < 4.78 is 0. The molecule has 0 atom stereocenters. The van der Waals surface area contributed by atoms with Crippen LogP contribution in [-0.2, 0) is 10.2 Å². The summed E-state index contributed by atoms with van der Waals surface area (Å²) in [5.74, 6) is 0.212. The standard InChI is InChI=1S/C20H29ClN2O.ClH/c21-18-9-7-17(8-10-18)20(11-1-2-12-20)19(24)22-13-3-4-14-23-15-5-6-16-23;/h7-10H,1-6,11-16H2,(H,22,24);1H. The molecule has 25 heavy (non-hydrogen) atoms. The Morgan fingerprint density at radius 2 is 1.68 bits per heavy atom. The van der Waals surface area contributed by atoms with Crippen molar-refractivity contribution in [2.45, 2.75) is 56.8 Å². The van der Waals surface area contributed by atoms with Crippen LogP contribution in [0.3, 0.4) is 0 Å². The molecule has 0 aromatic heterocycles. The third kappa shape index (κ3) is 5.12. The maximum Gasteiger partial charge on any atom is 0.230 e. The third-order valence-electron chi connectivity index (χ3n) is 5.67. The summed E-state index contributed by atoms with van der Waals surface area (Å²) >= 11 is 6.01. The number of amides is 1. The maximum atomic E-state index is 12.9. The molecule has 1 saturated heterocycles. The van der Waals surface area contributed by atoms with Gasteiger partial charge in [0.25, 0.3) is 0 Å². The molecule has 3 nitrogen and oxygen atoms in total. The molecule has 1 amide bonds. The Labute approximate surface area is 162 Å². The van der Waals surface area contributed by atoms with Crippen molar-refractivity contribution in [3.8, 4) is 0 Å². The van der Waals surface area contributed by atoms with Gasteiger partial charge < -0.3 is 10.2 Å². The van der Waals surface area contributed by atoms with Crippen LogP contribution < -0.4 is 5.32 Å². The van der Waals surface area contributed by atoms with Crippen molar-refractivity contribution in [3.63, 3.8) is 0 Å². The minimum atomic E-state index is -0.334. The van der Waals surface area contributed by atoms with E-state index in [9.17, 15) is 4.79 Å². The largest absolute Gasteiger partial charge is 0.355 e. The highest BCUT2D eigenvalue weighted by Gasteiger charge is 2.42. The normalized spacial score (nSPS) is 19.6. The number of halogens is 2. The molecule has 2 fully saturated rings. The first-order valence-electron chi connectivity index (χ1n) is 9.47. The van der Waals surface area contributed by atoms with Crippen LogP contribution in [0.15, 0.2) is 24.3 Å². The lowest BCUT2D eigenvalue weighted by Crippen LogP contribution is -2.43. The van der Waals surface area contributed by atoms with Gasteiger partial charge in [0.2, 0.25) is 5.91 Å². The Morgan fingerprint density at radius 3 is 2.32 bits per heavy atom. The van der Waals surface area contributed by atoms with Gasteiger partial charge in [0, 0.05) is 11.6 Å². The van der Waals surface area contributed by atoms with Gasteiger partial charge in [0.05, 0.1) is 5.41 Å². The second-order valence-electron chi connectivity index (χ2n) is 7.31. The first kappa shape index (κ1) is 20.5. The van der Waals surface area contributed by atoms with Crippen LogP contribution in [-0.4, -0.2) is 37.0 Å². The molecule has 0 unspecified atom stereocenters. The number of nitrogens with zero attached hydrogens (tertiary/aromatic N) is 1. The SMILES string of the molecule is Cl.O=C(NCCCCN1CCCC1)C1(c2ccc(Cl)cc2)CCCC1. The van der Waals surface area contributed by atoms with Gasteiger partial charge in [-0.1, -0.05) is 36.6 Å². The van der Waals surface area contributed by atoms with Crippen LogP contribution in [0.25, 0.3) is 0 Å². The second kappa shape index (κ2) is 9.80. The van der Waals surface area contributed by atoms with E-state index in [0.29, 0.717) is 0 Å². The number of carbonyl (C=O) groups excluding carboxylic acids is 1. The smallest absolute Gasteiger partial charge is 0.230 e. The molecule has 0 spiro atoms. The van der Waals surface area contributed by atoms with Gasteiger partial charge in [0.1, 0.15) is 0 Å². The molecule has 2 aliphatic rings. The predicted molar refractivity (Wildman–Crippen MR) is 107 cm³/mol. The molecule has 0 radical (unpaired) electrons. The molecule has 1 aromatic rings. The lowest BCUT2D eigenvalue weighted by molar-refractivity contribution is -0.126. The van der Waals surface area contributed by atoms with E-state index in [-0.39, 0.29) is 23.7 Å². The van der Waals surface area contributed by atoms with E-state index in [1.807, 2.05) is 24.3 Å². The molecule has 1 saturated carbocycles. The fourth-order valence-corrected chi connectivity index (χ4v) is 4.36. The summed E-state index contributed by atoms with van der Waals surface area (Å²) in [4.78, 5) is 15.5. The van der Waals surface area contributed by atoms with Crippen LogP contribution in [0.4, 0.5) is 0 Å². The zero-order chi connectivity index (χ0) is 16.8. The van der Waals surface area contributed by atoms with Crippen LogP contribution in [0.5, 0.6) is 0 Å². The van der Waals surface area contributed by atoms with E-state index < -0.39 is 0 Å². The molecule has 1 aliphatic carbocycles. The number of benzene rings is 1. The van der Waals surface area contributed by atoms with Crippen molar-refractivity contribution in [1.29, 1.82) is 0 Å². The Bertz CT molecular complexity index is 535. The highest BCUT2D eigenvalue weighted by atomic mass is 35.5. The van der Waals surface area contributed by atoms with Crippen molar-refractivity contribution in [2.24, 2.45) is 0 Å². The van der Waals surface area contributed by atoms with Gasteiger partial charge in [-0.05, 0) is 75.9 Å². The Morgan fingerprint density at radius 1 is 1.04 bits per heavy atom. The van der Waals surface area contributed by atoms with E-state index in [1.165, 1.54) is 38.9 Å². The van der Waals surface area contributed by atoms with Gasteiger partial charge in [-0.2, -0.15) is 0 Å². The minimum absolute atomic E-state index is 0. The monoisotopic (exact) mass is 384 g/mol. The van der Waals surface area contributed by atoms with Crippen molar-refractivity contribution < 1.29 is 4.79 Å². The van der Waals surface area contributed by atoms with Crippen molar-refractivity contribution in [3.05, 3.63) is 34.9 Å². The van der Waals surface area contributed by atoms with Gasteiger partial charge in [-0.3, -0.25) is 4.79 Å². The number of nitrogens with one attached hydrogen (secondary N) is 1. The molecule has 5 heteroatoms. The lowest BCUT2D eigenvalue weighted by Gasteiger charge is -2.28. The van der Waals surface area contributed by atoms with Gasteiger partial charge in [0.15, 0.2) is 0 Å². The summed E-state index contributed by atoms with van der Waals surface area (Å²) in [7, 11) is 0. The Balaban J connectivity index is 0.00000225. The maximum absolute atomic E-state index is 12.9. The van der Waals surface area contributed by atoms with Crippen LogP contribution in [0.1, 0.15) is 56.9 Å². The van der Waals surface area contributed by atoms with E-state index in [2.05, 4.69) is 10.2 Å². The summed E-state index contributed by atoms with van der Waals surface area (Å²) in [5, 5.41) is 3.94. The lowest BCUT2D eigenvalue weighted by atomic mass is 9.78. The van der Waals surface area contributed by atoms with E-state index in [4.69, 9.17) is 11.6 Å². The third-order valence-corrected chi connectivity index (χ3v) is 5.93. The molecule has 1 aromatic carbocycles. The molecular formula is C20H30Cl2N2O. The number of likely N-dealkylation sites (tertiary alicyclic amines) is 1. The zero-order valence-corrected chi connectivity index (χ0v) is 16.5. The van der Waals surface area contributed by atoms with Crippen molar-refractivity contribution >= 4 is 29.9 Å². The van der Waals surface area contributed by atoms with E-state index in [0.717, 1.165) is 49.2 Å². The molecule has 1 heterocycles. The summed E-state index contributed by atoms with van der Waals surface area (Å²) in [6.45, 7) is 4.48. The quantitative estimate of drug-likeness (QED) is 0.698. The zero-order valence-electron chi connectivity index (χ0n) is 14.9. The molecule has 1 N–H and O–H groups in total. The van der Waals surface area contributed by atoms with Crippen LogP contribution in [0, 0.1) is 0 Å². The van der Waals surface area contributed by atoms with E-state index in [1.54, 1.807) is 0 Å². The van der Waals surface area contributed by atoms with Crippen molar-refractivity contribution in [1.82, 2.24) is 10.2 Å². The van der Waals surface area contributed by atoms with Gasteiger partial charge >= 0.3 is 0 Å². The number of carbonyl (C=O) groups is 1. The van der Waals surface area contributed by atoms with Gasteiger partial charge in [-0.15, -0.1) is 12.4 Å². The number of hydrogen-bond acceptors (Lipinski definition) is 2. The number of hydrogen-bond donors (Lipinski definition) is 1. The van der Waals surface area contributed by atoms with E-state index >= 15 is 0 Å². The molecule has 140 valence electrons. The average Bonchev–Trinajstić information content (AvgIpc) is 3.27. The topological polar surface area (TPSA) is 32.3 Å². The number of rotatable bonds is 7. The highest BCUT2D eigenvalue weighted by Crippen LogP contribution is 2.41. The fourth-order valence-electron chi connectivity index (χ4n) is 4.23. The first-order valence-corrected chi connectivity index (χ1v) is 9.85. The Hall–Kier alpha value is -0.770. The summed E-state index contributed by atoms with van der Waals surface area (Å²) in [5.41, 5.74) is 0.790. The van der Waals surface area contributed by atoms with Crippen LogP contribution >= 0.6 is 24.0 Å². The fraction of sp³-hybridized carbons (Fsp3) is 0.650. The number of unbranched alkanes of at least 4 members (excludes halogenated alkanes) is 1. The average molecular weight is 385 g/mol. The minimum Gasteiger partial charge on any atom is -0.355 e. The summed E-state index contributed by atoms with van der Waals surface area (Å²) in [6.07, 6.45) is 9.10. The molecule has 1 aliphatic heterocycles. The van der Waals surface area contributed by atoms with Crippen molar-refractivity contribution in [2.75, 3.05) is 26.2 Å². The van der Waals surface area contributed by atoms with Gasteiger partial charge in [-0.25, -0.2) is 0 Å². The Kier molecular flexibility index (Phi) is 8.05. The second-order valence-corrected chi connectivity index (χ2v) is 7.74. The molecular weight excluding hydrogens is 355 g/mol. The van der Waals surface area contributed by atoms with Crippen LogP contribution in [0.2, 0.25) is 5.02 Å². The predicted octanol–water partition coefficient (Wildman–Crippen LogP) is 4.57.